The van der Waals surface area contributed by atoms with Gasteiger partial charge in [-0.1, -0.05) is 12.1 Å². The van der Waals surface area contributed by atoms with E-state index < -0.39 is 16.0 Å². The van der Waals surface area contributed by atoms with Gasteiger partial charge in [0.1, 0.15) is 0 Å². The zero-order valence-electron chi connectivity index (χ0n) is 10.6. The lowest BCUT2D eigenvalue weighted by atomic mass is 10.1. The van der Waals surface area contributed by atoms with Crippen molar-refractivity contribution in [1.82, 2.24) is 4.72 Å². The van der Waals surface area contributed by atoms with Gasteiger partial charge in [-0.2, -0.15) is 0 Å². The summed E-state index contributed by atoms with van der Waals surface area (Å²) in [6.07, 6.45) is 0. The van der Waals surface area contributed by atoms with E-state index in [9.17, 15) is 13.2 Å². The van der Waals surface area contributed by atoms with E-state index >= 15 is 0 Å². The minimum absolute atomic E-state index is 0.154. The predicted molar refractivity (Wildman–Crippen MR) is 68.7 cm³/mol. The topological polar surface area (TPSA) is 72.5 Å². The Morgan fingerprint density at radius 2 is 2.06 bits per heavy atom. The summed E-state index contributed by atoms with van der Waals surface area (Å²) in [5.41, 5.74) is 0.890. The Morgan fingerprint density at radius 1 is 1.39 bits per heavy atom. The molecule has 0 saturated heterocycles. The normalized spacial score (nSPS) is 11.6. The van der Waals surface area contributed by atoms with Crippen LogP contribution in [-0.4, -0.2) is 27.5 Å². The summed E-state index contributed by atoms with van der Waals surface area (Å²) in [5.74, 6) is -0.637. The highest BCUT2D eigenvalue weighted by Crippen LogP contribution is 2.10. The number of carbonyl (C=O) groups excluding carboxylic acids is 1. The van der Waals surface area contributed by atoms with E-state index in [1.165, 1.54) is 13.2 Å². The first kappa shape index (κ1) is 14.7. The van der Waals surface area contributed by atoms with E-state index in [1.807, 2.05) is 0 Å². The third-order valence-corrected chi connectivity index (χ3v) is 3.66. The fourth-order valence-corrected chi connectivity index (χ4v) is 2.95. The van der Waals surface area contributed by atoms with Crippen LogP contribution in [0.4, 0.5) is 0 Å². The molecule has 0 amide bonds. The van der Waals surface area contributed by atoms with Gasteiger partial charge in [0.2, 0.25) is 10.0 Å². The molecule has 0 heterocycles. The van der Waals surface area contributed by atoms with E-state index in [4.69, 9.17) is 0 Å². The first-order valence-corrected chi connectivity index (χ1v) is 7.16. The van der Waals surface area contributed by atoms with Crippen molar-refractivity contribution in [2.24, 2.45) is 0 Å². The summed E-state index contributed by atoms with van der Waals surface area (Å²) in [6, 6.07) is 6.24. The molecule has 18 heavy (non-hydrogen) atoms. The molecule has 0 radical (unpaired) electrons. The summed E-state index contributed by atoms with van der Waals surface area (Å²) >= 11 is 0. The third kappa shape index (κ3) is 4.46. The highest BCUT2D eigenvalue weighted by atomic mass is 32.2. The second-order valence-electron chi connectivity index (χ2n) is 4.22. The van der Waals surface area contributed by atoms with Gasteiger partial charge in [0.05, 0.1) is 18.4 Å². The van der Waals surface area contributed by atoms with Crippen LogP contribution in [0, 0.1) is 0 Å². The second-order valence-corrected chi connectivity index (χ2v) is 5.98. The Morgan fingerprint density at radius 3 is 2.61 bits per heavy atom. The minimum atomic E-state index is -3.39. The Balaban J connectivity index is 2.89. The van der Waals surface area contributed by atoms with Gasteiger partial charge in [0.25, 0.3) is 0 Å². The molecule has 0 aliphatic heterocycles. The van der Waals surface area contributed by atoms with E-state index in [2.05, 4.69) is 9.46 Å². The molecular formula is C12H17NO4S. The zero-order valence-corrected chi connectivity index (χ0v) is 11.5. The minimum Gasteiger partial charge on any atom is -0.465 e. The van der Waals surface area contributed by atoms with Crippen LogP contribution < -0.4 is 4.72 Å². The molecule has 0 fully saturated rings. The standard InChI is InChI=1S/C12H17NO4S/c1-9(2)13-18(15,16)8-10-5-4-6-11(7-10)12(14)17-3/h4-7,9,13H,8H2,1-3H3. The van der Waals surface area contributed by atoms with Gasteiger partial charge < -0.3 is 4.74 Å². The monoisotopic (exact) mass is 271 g/mol. The SMILES string of the molecule is COC(=O)c1cccc(CS(=O)(=O)NC(C)C)c1. The van der Waals surface area contributed by atoms with Crippen molar-refractivity contribution in [2.45, 2.75) is 25.6 Å². The van der Waals surface area contributed by atoms with E-state index in [1.54, 1.807) is 32.0 Å². The molecule has 1 aromatic rings. The van der Waals surface area contributed by atoms with Crippen molar-refractivity contribution < 1.29 is 17.9 Å². The van der Waals surface area contributed by atoms with Gasteiger partial charge in [-0.15, -0.1) is 0 Å². The largest absolute Gasteiger partial charge is 0.465 e. The van der Waals surface area contributed by atoms with Crippen LogP contribution in [0.1, 0.15) is 29.8 Å². The fraction of sp³-hybridized carbons (Fsp3) is 0.417. The number of methoxy groups -OCH3 is 1. The van der Waals surface area contributed by atoms with Crippen LogP contribution >= 0.6 is 0 Å². The lowest BCUT2D eigenvalue weighted by molar-refractivity contribution is 0.0600. The molecule has 1 rings (SSSR count). The highest BCUT2D eigenvalue weighted by Gasteiger charge is 2.14. The molecule has 0 unspecified atom stereocenters. The lowest BCUT2D eigenvalue weighted by Crippen LogP contribution is -2.31. The Labute approximate surface area is 107 Å². The molecule has 0 aromatic heterocycles. The number of rotatable bonds is 5. The average molecular weight is 271 g/mol. The van der Waals surface area contributed by atoms with Crippen LogP contribution in [-0.2, 0) is 20.5 Å². The molecule has 5 nitrogen and oxygen atoms in total. The number of ether oxygens (including phenoxy) is 1. The van der Waals surface area contributed by atoms with E-state index in [0.717, 1.165) is 0 Å². The van der Waals surface area contributed by atoms with E-state index in [-0.39, 0.29) is 11.8 Å². The molecule has 0 aliphatic carbocycles. The fourth-order valence-electron chi connectivity index (χ4n) is 1.53. The van der Waals surface area contributed by atoms with Gasteiger partial charge >= 0.3 is 5.97 Å². The maximum absolute atomic E-state index is 11.7. The number of benzene rings is 1. The Hall–Kier alpha value is -1.40. The van der Waals surface area contributed by atoms with Crippen molar-refractivity contribution in [1.29, 1.82) is 0 Å². The molecule has 100 valence electrons. The second kappa shape index (κ2) is 5.97. The van der Waals surface area contributed by atoms with Gasteiger partial charge in [-0.05, 0) is 31.5 Å². The summed E-state index contributed by atoms with van der Waals surface area (Å²) < 4.78 is 30.5. The van der Waals surface area contributed by atoms with Crippen LogP contribution in [0.25, 0.3) is 0 Å². The highest BCUT2D eigenvalue weighted by molar-refractivity contribution is 7.88. The van der Waals surface area contributed by atoms with Crippen molar-refractivity contribution in [3.8, 4) is 0 Å². The van der Waals surface area contributed by atoms with E-state index in [0.29, 0.717) is 11.1 Å². The number of hydrogen-bond donors (Lipinski definition) is 1. The maximum atomic E-state index is 11.7. The van der Waals surface area contributed by atoms with Crippen molar-refractivity contribution in [2.75, 3.05) is 7.11 Å². The quantitative estimate of drug-likeness (QED) is 0.819. The average Bonchev–Trinajstić information content (AvgIpc) is 2.25. The molecular weight excluding hydrogens is 254 g/mol. The maximum Gasteiger partial charge on any atom is 0.337 e. The number of esters is 1. The number of hydrogen-bond acceptors (Lipinski definition) is 4. The molecule has 0 atom stereocenters. The Bertz CT molecular complexity index is 523. The van der Waals surface area contributed by atoms with Crippen molar-refractivity contribution >= 4 is 16.0 Å². The molecule has 1 N–H and O–H groups in total. The summed E-state index contributed by atoms with van der Waals surface area (Å²) in [7, 11) is -2.10. The summed E-state index contributed by atoms with van der Waals surface area (Å²) in [5, 5.41) is 0. The van der Waals surface area contributed by atoms with Gasteiger partial charge in [-0.25, -0.2) is 17.9 Å². The van der Waals surface area contributed by atoms with Crippen LogP contribution in [0.15, 0.2) is 24.3 Å². The molecule has 0 spiro atoms. The molecule has 6 heteroatoms. The predicted octanol–water partition coefficient (Wildman–Crippen LogP) is 1.30. The third-order valence-electron chi connectivity index (χ3n) is 2.12. The van der Waals surface area contributed by atoms with Crippen LogP contribution in [0.3, 0.4) is 0 Å². The zero-order chi connectivity index (χ0) is 13.8. The molecule has 0 aliphatic rings. The van der Waals surface area contributed by atoms with Gasteiger partial charge in [-0.3, -0.25) is 0 Å². The van der Waals surface area contributed by atoms with Crippen molar-refractivity contribution in [3.05, 3.63) is 35.4 Å². The number of sulfonamides is 1. The number of carbonyl (C=O) groups is 1. The molecule has 1 aromatic carbocycles. The van der Waals surface area contributed by atoms with Gasteiger partial charge in [0.15, 0.2) is 0 Å². The molecule has 0 bridgehead atoms. The Kier molecular flexibility index (Phi) is 4.86. The summed E-state index contributed by atoms with van der Waals surface area (Å²) in [6.45, 7) is 3.50. The first-order valence-electron chi connectivity index (χ1n) is 5.51. The van der Waals surface area contributed by atoms with Crippen molar-refractivity contribution in [3.63, 3.8) is 0 Å². The van der Waals surface area contributed by atoms with Crippen LogP contribution in [0.5, 0.6) is 0 Å². The van der Waals surface area contributed by atoms with Gasteiger partial charge in [0, 0.05) is 6.04 Å². The first-order chi connectivity index (χ1) is 8.34. The lowest BCUT2D eigenvalue weighted by Gasteiger charge is -2.10. The summed E-state index contributed by atoms with van der Waals surface area (Å²) in [4.78, 5) is 11.3. The number of nitrogens with one attached hydrogen (secondary N) is 1. The molecule has 0 saturated carbocycles. The van der Waals surface area contributed by atoms with Crippen LogP contribution in [0.2, 0.25) is 0 Å². The smallest absolute Gasteiger partial charge is 0.337 e.